The molecule has 0 unspecified atom stereocenters. The van der Waals surface area contributed by atoms with Crippen LogP contribution < -0.4 is 4.74 Å². The first-order valence-corrected chi connectivity index (χ1v) is 7.53. The van der Waals surface area contributed by atoms with E-state index in [4.69, 9.17) is 17.0 Å². The number of methoxy groups -OCH3 is 1. The van der Waals surface area contributed by atoms with E-state index in [2.05, 4.69) is 28.4 Å². The average Bonchev–Trinajstić information content (AvgIpc) is 2.94. The Hall–Kier alpha value is -2.05. The Morgan fingerprint density at radius 1 is 1.14 bits per heavy atom. The molecule has 1 N–H and O–H groups in total. The molecule has 106 valence electrons. The highest BCUT2D eigenvalue weighted by atomic mass is 32.2. The van der Waals surface area contributed by atoms with Gasteiger partial charge in [0.15, 0.2) is 4.77 Å². The van der Waals surface area contributed by atoms with Gasteiger partial charge in [0.2, 0.25) is 0 Å². The van der Waals surface area contributed by atoms with E-state index < -0.39 is 0 Å². The number of aromatic amines is 1. The highest BCUT2D eigenvalue weighted by Gasteiger charge is 2.02. The first-order chi connectivity index (χ1) is 10.3. The Labute approximate surface area is 131 Å². The second kappa shape index (κ2) is 6.15. The SMILES string of the molecule is COc1cccc(Sc2ccc(-n3cn[nH]c3=S)cc2)c1. The van der Waals surface area contributed by atoms with Crippen LogP contribution in [-0.2, 0) is 0 Å². The summed E-state index contributed by atoms with van der Waals surface area (Å²) < 4.78 is 7.65. The molecule has 0 radical (unpaired) electrons. The quantitative estimate of drug-likeness (QED) is 0.736. The molecule has 21 heavy (non-hydrogen) atoms. The lowest BCUT2D eigenvalue weighted by Gasteiger charge is -2.06. The standard InChI is InChI=1S/C15H13N3OS2/c1-19-12-3-2-4-14(9-12)21-13-7-5-11(6-8-13)18-10-16-17-15(18)20/h2-10H,1H3,(H,17,20). The summed E-state index contributed by atoms with van der Waals surface area (Å²) in [5.41, 5.74) is 0.990. The van der Waals surface area contributed by atoms with Crippen molar-refractivity contribution >= 4 is 24.0 Å². The maximum atomic E-state index is 5.24. The van der Waals surface area contributed by atoms with Crippen molar-refractivity contribution < 1.29 is 4.74 Å². The van der Waals surface area contributed by atoms with E-state index in [9.17, 15) is 0 Å². The Bertz CT molecular complexity index is 793. The van der Waals surface area contributed by atoms with Gasteiger partial charge in [-0.05, 0) is 54.7 Å². The van der Waals surface area contributed by atoms with Gasteiger partial charge >= 0.3 is 0 Å². The van der Waals surface area contributed by atoms with Crippen LogP contribution in [0.15, 0.2) is 64.6 Å². The van der Waals surface area contributed by atoms with Crippen molar-refractivity contribution in [3.63, 3.8) is 0 Å². The highest BCUT2D eigenvalue weighted by molar-refractivity contribution is 7.99. The third-order valence-corrected chi connectivity index (χ3v) is 4.23. The van der Waals surface area contributed by atoms with Crippen LogP contribution in [0, 0.1) is 4.77 Å². The van der Waals surface area contributed by atoms with Gasteiger partial charge in [0.1, 0.15) is 12.1 Å². The number of benzene rings is 2. The molecule has 3 rings (SSSR count). The number of ether oxygens (including phenoxy) is 1. The molecule has 1 heterocycles. The summed E-state index contributed by atoms with van der Waals surface area (Å²) in [6, 6.07) is 16.2. The molecule has 0 amide bonds. The lowest BCUT2D eigenvalue weighted by atomic mass is 10.3. The molecular weight excluding hydrogens is 302 g/mol. The molecule has 0 saturated carbocycles. The van der Waals surface area contributed by atoms with Crippen molar-refractivity contribution in [2.24, 2.45) is 0 Å². The topological polar surface area (TPSA) is 42.8 Å². The van der Waals surface area contributed by atoms with Crippen LogP contribution in [0.25, 0.3) is 5.69 Å². The van der Waals surface area contributed by atoms with Gasteiger partial charge in [0, 0.05) is 15.5 Å². The van der Waals surface area contributed by atoms with Crippen molar-refractivity contribution in [3.8, 4) is 11.4 Å². The summed E-state index contributed by atoms with van der Waals surface area (Å²) in [6.07, 6.45) is 1.67. The number of rotatable bonds is 4. The number of hydrogen-bond donors (Lipinski definition) is 1. The molecule has 0 aliphatic heterocycles. The van der Waals surface area contributed by atoms with Crippen LogP contribution in [0.1, 0.15) is 0 Å². The van der Waals surface area contributed by atoms with Crippen molar-refractivity contribution in [1.82, 2.24) is 14.8 Å². The van der Waals surface area contributed by atoms with Crippen LogP contribution in [0.3, 0.4) is 0 Å². The van der Waals surface area contributed by atoms with Crippen LogP contribution in [0.5, 0.6) is 5.75 Å². The lowest BCUT2D eigenvalue weighted by Crippen LogP contribution is -1.91. The van der Waals surface area contributed by atoms with Crippen molar-refractivity contribution in [2.45, 2.75) is 9.79 Å². The van der Waals surface area contributed by atoms with Gasteiger partial charge in [0.25, 0.3) is 0 Å². The molecule has 0 atom stereocenters. The molecule has 0 aliphatic rings. The van der Waals surface area contributed by atoms with E-state index in [1.165, 1.54) is 0 Å². The fourth-order valence-corrected chi connectivity index (χ4v) is 2.98. The Kier molecular flexibility index (Phi) is 4.08. The van der Waals surface area contributed by atoms with Crippen LogP contribution in [0.2, 0.25) is 0 Å². The normalized spacial score (nSPS) is 10.5. The van der Waals surface area contributed by atoms with Gasteiger partial charge in [-0.2, -0.15) is 5.10 Å². The second-order valence-corrected chi connectivity index (χ2v) is 5.84. The summed E-state index contributed by atoms with van der Waals surface area (Å²) in [6.45, 7) is 0. The maximum absolute atomic E-state index is 5.24. The molecule has 6 heteroatoms. The highest BCUT2D eigenvalue weighted by Crippen LogP contribution is 2.30. The zero-order chi connectivity index (χ0) is 14.7. The fraction of sp³-hybridized carbons (Fsp3) is 0.0667. The Morgan fingerprint density at radius 3 is 2.62 bits per heavy atom. The van der Waals surface area contributed by atoms with E-state index in [0.29, 0.717) is 4.77 Å². The van der Waals surface area contributed by atoms with Gasteiger partial charge in [0.05, 0.1) is 7.11 Å². The van der Waals surface area contributed by atoms with E-state index in [0.717, 1.165) is 21.2 Å². The molecule has 0 fully saturated rings. The minimum Gasteiger partial charge on any atom is -0.497 e. The number of nitrogens with one attached hydrogen (secondary N) is 1. The molecule has 1 aromatic heterocycles. The van der Waals surface area contributed by atoms with Crippen LogP contribution in [0.4, 0.5) is 0 Å². The smallest absolute Gasteiger partial charge is 0.199 e. The zero-order valence-corrected chi connectivity index (χ0v) is 12.9. The fourth-order valence-electron chi connectivity index (χ4n) is 1.91. The summed E-state index contributed by atoms with van der Waals surface area (Å²) in [7, 11) is 1.67. The van der Waals surface area contributed by atoms with Crippen molar-refractivity contribution in [1.29, 1.82) is 0 Å². The van der Waals surface area contributed by atoms with E-state index in [1.54, 1.807) is 25.2 Å². The summed E-state index contributed by atoms with van der Waals surface area (Å²) in [4.78, 5) is 2.30. The van der Waals surface area contributed by atoms with Crippen molar-refractivity contribution in [3.05, 3.63) is 59.6 Å². The van der Waals surface area contributed by atoms with Crippen LogP contribution in [-0.4, -0.2) is 21.9 Å². The lowest BCUT2D eigenvalue weighted by molar-refractivity contribution is 0.413. The second-order valence-electron chi connectivity index (χ2n) is 4.31. The third kappa shape index (κ3) is 3.17. The predicted molar refractivity (Wildman–Crippen MR) is 85.9 cm³/mol. The van der Waals surface area contributed by atoms with Gasteiger partial charge in [-0.15, -0.1) is 0 Å². The predicted octanol–water partition coefficient (Wildman–Crippen LogP) is 4.09. The van der Waals surface area contributed by atoms with Gasteiger partial charge in [-0.3, -0.25) is 9.67 Å². The van der Waals surface area contributed by atoms with Crippen molar-refractivity contribution in [2.75, 3.05) is 7.11 Å². The van der Waals surface area contributed by atoms with E-state index >= 15 is 0 Å². The summed E-state index contributed by atoms with van der Waals surface area (Å²) in [5, 5.41) is 6.66. The molecule has 3 aromatic rings. The minimum absolute atomic E-state index is 0.586. The molecule has 0 bridgehead atoms. The van der Waals surface area contributed by atoms with Crippen LogP contribution >= 0.6 is 24.0 Å². The largest absolute Gasteiger partial charge is 0.497 e. The molecular formula is C15H13N3OS2. The number of hydrogen-bond acceptors (Lipinski definition) is 4. The summed E-state index contributed by atoms with van der Waals surface area (Å²) in [5.74, 6) is 0.862. The minimum atomic E-state index is 0.586. The average molecular weight is 315 g/mol. The summed E-state index contributed by atoms with van der Waals surface area (Å²) >= 11 is 6.85. The molecule has 2 aromatic carbocycles. The van der Waals surface area contributed by atoms with Gasteiger partial charge in [-0.1, -0.05) is 17.8 Å². The molecule has 4 nitrogen and oxygen atoms in total. The van der Waals surface area contributed by atoms with E-state index in [-0.39, 0.29) is 0 Å². The Morgan fingerprint density at radius 2 is 1.95 bits per heavy atom. The maximum Gasteiger partial charge on any atom is 0.199 e. The molecule has 0 aliphatic carbocycles. The molecule has 0 spiro atoms. The van der Waals surface area contributed by atoms with E-state index in [1.807, 2.05) is 34.9 Å². The molecule has 0 saturated heterocycles. The first kappa shape index (κ1) is 13.9. The first-order valence-electron chi connectivity index (χ1n) is 6.30. The number of nitrogens with zero attached hydrogens (tertiary/aromatic N) is 2. The third-order valence-electron chi connectivity index (χ3n) is 2.94. The monoisotopic (exact) mass is 315 g/mol. The number of aromatic nitrogens is 3. The Balaban J connectivity index is 1.81. The van der Waals surface area contributed by atoms with Gasteiger partial charge < -0.3 is 4.74 Å². The number of H-pyrrole nitrogens is 1. The van der Waals surface area contributed by atoms with Gasteiger partial charge in [-0.25, -0.2) is 0 Å². The zero-order valence-electron chi connectivity index (χ0n) is 11.3.